The van der Waals surface area contributed by atoms with Crippen LogP contribution in [0, 0.1) is 0 Å². The van der Waals surface area contributed by atoms with Gasteiger partial charge >= 0.3 is 6.09 Å². The third kappa shape index (κ3) is 3.00. The summed E-state index contributed by atoms with van der Waals surface area (Å²) in [5, 5.41) is 7.97. The van der Waals surface area contributed by atoms with Gasteiger partial charge in [-0.05, 0) is 46.5 Å². The number of benzene rings is 1. The molecular weight excluding hydrogens is 326 g/mol. The van der Waals surface area contributed by atoms with Crippen LogP contribution < -0.4 is 0 Å². The van der Waals surface area contributed by atoms with E-state index in [0.717, 1.165) is 44.5 Å². The number of carbonyl (C=O) groups excluding carboxylic acids is 1. The van der Waals surface area contributed by atoms with E-state index in [1.165, 1.54) is 16.8 Å². The molecule has 1 N–H and O–H groups in total. The first-order valence-electron chi connectivity index (χ1n) is 9.49. The van der Waals surface area contributed by atoms with Crippen LogP contribution in [0.25, 0.3) is 11.3 Å². The lowest BCUT2D eigenvalue weighted by Gasteiger charge is -2.39. The van der Waals surface area contributed by atoms with Gasteiger partial charge in [-0.15, -0.1) is 0 Å². The number of piperidine rings is 1. The standard InChI is InChI=1S/C21H27N3O2/c1-20(2,3)26-19(25)24-13-11-21(12-14-24)10-9-16-17(22-23-18(16)21)15-7-5-4-6-8-15/h4-8H,9-14H2,1-3H3,(H,22,23). The minimum absolute atomic E-state index is 0.133. The molecular formula is C21H27N3O2. The number of likely N-dealkylation sites (tertiary alicyclic amines) is 1. The Kier molecular flexibility index (Phi) is 4.05. The lowest BCUT2D eigenvalue weighted by molar-refractivity contribution is 0.0162. The van der Waals surface area contributed by atoms with Crippen molar-refractivity contribution < 1.29 is 9.53 Å². The molecule has 0 radical (unpaired) electrons. The third-order valence-electron chi connectivity index (χ3n) is 5.67. The average molecular weight is 353 g/mol. The molecule has 1 fully saturated rings. The van der Waals surface area contributed by atoms with E-state index in [1.807, 2.05) is 31.7 Å². The molecule has 26 heavy (non-hydrogen) atoms. The summed E-state index contributed by atoms with van der Waals surface area (Å²) in [7, 11) is 0. The summed E-state index contributed by atoms with van der Waals surface area (Å²) in [4.78, 5) is 14.2. The van der Waals surface area contributed by atoms with Crippen LogP contribution in [-0.4, -0.2) is 39.9 Å². The lowest BCUT2D eigenvalue weighted by Crippen LogP contribution is -2.46. The molecule has 138 valence electrons. The fraction of sp³-hybridized carbons (Fsp3) is 0.524. The van der Waals surface area contributed by atoms with Gasteiger partial charge < -0.3 is 9.64 Å². The SMILES string of the molecule is CC(C)(C)OC(=O)N1CCC2(CCc3c(-c4ccccc4)n[nH]c32)CC1. The number of fused-ring (bicyclic) bond motifs is 2. The van der Waals surface area contributed by atoms with Crippen molar-refractivity contribution >= 4 is 6.09 Å². The molecule has 2 aliphatic rings. The predicted octanol–water partition coefficient (Wildman–Crippen LogP) is 4.29. The van der Waals surface area contributed by atoms with Crippen LogP contribution in [0.4, 0.5) is 4.79 Å². The van der Waals surface area contributed by atoms with Crippen molar-refractivity contribution in [2.45, 2.75) is 57.5 Å². The van der Waals surface area contributed by atoms with Gasteiger partial charge in [0, 0.05) is 35.3 Å². The van der Waals surface area contributed by atoms with Gasteiger partial charge in [-0.25, -0.2) is 4.79 Å². The summed E-state index contributed by atoms with van der Waals surface area (Å²) in [6, 6.07) is 10.4. The van der Waals surface area contributed by atoms with Crippen molar-refractivity contribution in [3.05, 3.63) is 41.6 Å². The van der Waals surface area contributed by atoms with Gasteiger partial charge in [0.05, 0.1) is 5.69 Å². The summed E-state index contributed by atoms with van der Waals surface area (Å²) in [5.41, 5.74) is 4.61. The zero-order chi connectivity index (χ0) is 18.4. The van der Waals surface area contributed by atoms with Gasteiger partial charge in [0.25, 0.3) is 0 Å². The van der Waals surface area contributed by atoms with E-state index in [4.69, 9.17) is 4.74 Å². The summed E-state index contributed by atoms with van der Waals surface area (Å²) in [5.74, 6) is 0. The molecule has 2 heterocycles. The van der Waals surface area contributed by atoms with E-state index >= 15 is 0 Å². The van der Waals surface area contributed by atoms with Crippen molar-refractivity contribution in [2.75, 3.05) is 13.1 Å². The number of nitrogens with zero attached hydrogens (tertiary/aromatic N) is 2. The molecule has 0 bridgehead atoms. The largest absolute Gasteiger partial charge is 0.444 e. The van der Waals surface area contributed by atoms with Gasteiger partial charge in [0.2, 0.25) is 0 Å². The summed E-state index contributed by atoms with van der Waals surface area (Å²) in [6.45, 7) is 7.22. The van der Waals surface area contributed by atoms with Crippen molar-refractivity contribution in [1.82, 2.24) is 15.1 Å². The number of H-pyrrole nitrogens is 1. The molecule has 1 amide bonds. The highest BCUT2D eigenvalue weighted by Crippen LogP contribution is 2.47. The van der Waals surface area contributed by atoms with Gasteiger partial charge in [0.15, 0.2) is 0 Å². The Morgan fingerprint density at radius 1 is 1.15 bits per heavy atom. The van der Waals surface area contributed by atoms with Crippen molar-refractivity contribution in [3.8, 4) is 11.3 Å². The maximum atomic E-state index is 12.3. The third-order valence-corrected chi connectivity index (χ3v) is 5.67. The highest BCUT2D eigenvalue weighted by Gasteiger charge is 2.45. The number of rotatable bonds is 1. The van der Waals surface area contributed by atoms with Crippen molar-refractivity contribution in [1.29, 1.82) is 0 Å². The van der Waals surface area contributed by atoms with Crippen LogP contribution in [0.2, 0.25) is 0 Å². The monoisotopic (exact) mass is 353 g/mol. The van der Waals surface area contributed by atoms with Crippen molar-refractivity contribution in [3.63, 3.8) is 0 Å². The summed E-state index contributed by atoms with van der Waals surface area (Å²) in [6.07, 6.45) is 3.94. The number of nitrogens with one attached hydrogen (secondary N) is 1. The summed E-state index contributed by atoms with van der Waals surface area (Å²) < 4.78 is 5.53. The number of aromatic nitrogens is 2. The molecule has 1 spiro atoms. The van der Waals surface area contributed by atoms with Crippen molar-refractivity contribution in [2.24, 2.45) is 0 Å². The van der Waals surface area contributed by atoms with E-state index in [2.05, 4.69) is 34.5 Å². The zero-order valence-corrected chi connectivity index (χ0v) is 15.8. The number of hydrogen-bond donors (Lipinski definition) is 1. The second-order valence-electron chi connectivity index (χ2n) is 8.54. The van der Waals surface area contributed by atoms with Crippen LogP contribution in [0.1, 0.15) is 51.3 Å². The Hall–Kier alpha value is -2.30. The second kappa shape index (κ2) is 6.15. The lowest BCUT2D eigenvalue weighted by atomic mass is 9.76. The molecule has 1 aliphatic carbocycles. The number of hydrogen-bond acceptors (Lipinski definition) is 3. The molecule has 0 atom stereocenters. The highest BCUT2D eigenvalue weighted by atomic mass is 16.6. The minimum Gasteiger partial charge on any atom is -0.444 e. The first-order valence-corrected chi connectivity index (χ1v) is 9.49. The van der Waals surface area contributed by atoms with E-state index < -0.39 is 5.60 Å². The Bertz CT molecular complexity index is 796. The van der Waals surface area contributed by atoms with Crippen LogP contribution in [0.3, 0.4) is 0 Å². The van der Waals surface area contributed by atoms with E-state index in [0.29, 0.717) is 0 Å². The number of ether oxygens (including phenoxy) is 1. The Morgan fingerprint density at radius 2 is 1.85 bits per heavy atom. The fourth-order valence-electron chi connectivity index (χ4n) is 4.32. The molecule has 5 nitrogen and oxygen atoms in total. The molecule has 1 aliphatic heterocycles. The highest BCUT2D eigenvalue weighted by molar-refractivity contribution is 5.69. The van der Waals surface area contributed by atoms with Crippen LogP contribution in [0.15, 0.2) is 30.3 Å². The van der Waals surface area contributed by atoms with E-state index in [1.54, 1.807) is 0 Å². The Labute approximate surface area is 154 Å². The maximum Gasteiger partial charge on any atom is 0.410 e. The van der Waals surface area contributed by atoms with Gasteiger partial charge in [0.1, 0.15) is 5.60 Å². The first kappa shape index (κ1) is 17.1. The average Bonchev–Trinajstić information content (AvgIpc) is 3.17. The molecule has 0 unspecified atom stereocenters. The van der Waals surface area contributed by atoms with E-state index in [-0.39, 0.29) is 11.5 Å². The van der Waals surface area contributed by atoms with E-state index in [9.17, 15) is 4.79 Å². The second-order valence-corrected chi connectivity index (χ2v) is 8.54. The van der Waals surface area contributed by atoms with Gasteiger partial charge in [-0.1, -0.05) is 30.3 Å². The number of aromatic amines is 1. The smallest absolute Gasteiger partial charge is 0.410 e. The molecule has 1 aromatic heterocycles. The minimum atomic E-state index is -0.444. The van der Waals surface area contributed by atoms with Crippen LogP contribution in [0.5, 0.6) is 0 Å². The quantitative estimate of drug-likeness (QED) is 0.832. The predicted molar refractivity (Wildman–Crippen MR) is 101 cm³/mol. The normalized spacial score (nSPS) is 18.8. The molecule has 1 aromatic carbocycles. The molecule has 4 rings (SSSR count). The molecule has 1 saturated heterocycles. The molecule has 2 aromatic rings. The number of carbonyl (C=O) groups is 1. The van der Waals surface area contributed by atoms with Gasteiger partial charge in [-0.3, -0.25) is 5.10 Å². The van der Waals surface area contributed by atoms with Crippen LogP contribution in [-0.2, 0) is 16.6 Å². The number of amides is 1. The molecule has 0 saturated carbocycles. The Morgan fingerprint density at radius 3 is 2.50 bits per heavy atom. The first-order chi connectivity index (χ1) is 12.4. The molecule has 5 heteroatoms. The zero-order valence-electron chi connectivity index (χ0n) is 15.8. The topological polar surface area (TPSA) is 58.2 Å². The fourth-order valence-corrected chi connectivity index (χ4v) is 4.32. The Balaban J connectivity index is 1.51. The maximum absolute atomic E-state index is 12.3. The summed E-state index contributed by atoms with van der Waals surface area (Å²) >= 11 is 0. The van der Waals surface area contributed by atoms with Gasteiger partial charge in [-0.2, -0.15) is 5.10 Å². The van der Waals surface area contributed by atoms with Crippen LogP contribution >= 0.6 is 0 Å².